The van der Waals surface area contributed by atoms with E-state index >= 15 is 0 Å². The zero-order chi connectivity index (χ0) is 32.5. The van der Waals surface area contributed by atoms with Gasteiger partial charge in [-0.2, -0.15) is 0 Å². The lowest BCUT2D eigenvalue weighted by Gasteiger charge is -2.26. The van der Waals surface area contributed by atoms with E-state index in [-0.39, 0.29) is 67.0 Å². The van der Waals surface area contributed by atoms with Gasteiger partial charge in [0.05, 0.1) is 22.5 Å². The molecule has 2 N–H and O–H groups in total. The minimum atomic E-state index is -1.06. The number of hydrogen-bond donors (Lipinski definition) is 2. The van der Waals surface area contributed by atoms with Crippen LogP contribution in [0.15, 0.2) is 72.8 Å². The van der Waals surface area contributed by atoms with Crippen LogP contribution >= 0.6 is 0 Å². The molecule has 4 aromatic rings. The molecule has 0 saturated heterocycles. The number of alkyl halides is 2. The van der Waals surface area contributed by atoms with Crippen LogP contribution in [-0.2, 0) is 9.47 Å². The van der Waals surface area contributed by atoms with Gasteiger partial charge in [0.15, 0.2) is 23.1 Å². The highest BCUT2D eigenvalue weighted by molar-refractivity contribution is 6.35. The molecular formula is C34H22F2N2O8. The molecule has 46 heavy (non-hydrogen) atoms. The summed E-state index contributed by atoms with van der Waals surface area (Å²) >= 11 is 0. The first-order valence-corrected chi connectivity index (χ1v) is 14.0. The van der Waals surface area contributed by atoms with Gasteiger partial charge in [-0.05, 0) is 23.3 Å². The summed E-state index contributed by atoms with van der Waals surface area (Å²) in [6, 6.07) is 17.6. The average Bonchev–Trinajstić information content (AvgIpc) is 3.07. The third kappa shape index (κ3) is 4.99. The summed E-state index contributed by atoms with van der Waals surface area (Å²) in [6.07, 6.45) is -2.12. The van der Waals surface area contributed by atoms with E-state index in [1.807, 2.05) is 0 Å². The summed E-state index contributed by atoms with van der Waals surface area (Å²) < 4.78 is 34.8. The molecule has 2 aliphatic carbocycles. The third-order valence-corrected chi connectivity index (χ3v) is 7.54. The minimum Gasteiger partial charge on any atom is -0.447 e. The van der Waals surface area contributed by atoms with Crippen LogP contribution in [0.2, 0.25) is 0 Å². The molecule has 2 amide bonds. The van der Waals surface area contributed by atoms with E-state index < -0.39 is 61.9 Å². The van der Waals surface area contributed by atoms with E-state index in [1.165, 1.54) is 48.5 Å². The van der Waals surface area contributed by atoms with Gasteiger partial charge in [0, 0.05) is 33.4 Å². The van der Waals surface area contributed by atoms with Crippen molar-refractivity contribution in [3.63, 3.8) is 0 Å². The van der Waals surface area contributed by atoms with Gasteiger partial charge in [-0.3, -0.25) is 29.8 Å². The number of rotatable bonds is 7. The predicted molar refractivity (Wildman–Crippen MR) is 160 cm³/mol. The van der Waals surface area contributed by atoms with Gasteiger partial charge in [0.1, 0.15) is 26.6 Å². The molecule has 4 aromatic carbocycles. The molecule has 12 heteroatoms. The van der Waals surface area contributed by atoms with E-state index in [2.05, 4.69) is 10.6 Å². The Kier molecular flexibility index (Phi) is 7.93. The molecule has 0 bridgehead atoms. The van der Waals surface area contributed by atoms with Crippen LogP contribution in [0.3, 0.4) is 0 Å². The second-order valence-corrected chi connectivity index (χ2v) is 10.1. The van der Waals surface area contributed by atoms with Crippen LogP contribution in [-0.4, -0.2) is 61.9 Å². The second-order valence-electron chi connectivity index (χ2n) is 10.1. The number of nitrogens with one attached hydrogen (secondary N) is 2. The minimum absolute atomic E-state index is 0.0749. The monoisotopic (exact) mass is 624 g/mol. The Labute approximate surface area is 259 Å². The number of anilines is 2. The van der Waals surface area contributed by atoms with Crippen LogP contribution in [0.5, 0.6) is 0 Å². The molecular weight excluding hydrogens is 602 g/mol. The molecule has 2 aliphatic rings. The Hall–Kier alpha value is -6.04. The van der Waals surface area contributed by atoms with Crippen molar-refractivity contribution in [2.75, 3.05) is 37.2 Å². The van der Waals surface area contributed by atoms with Crippen molar-refractivity contribution in [1.82, 2.24) is 0 Å². The maximum absolute atomic E-state index is 14.1. The van der Waals surface area contributed by atoms with Crippen LogP contribution in [0, 0.1) is 0 Å². The molecule has 0 atom stereocenters. The number of halogens is 2. The number of benzene rings is 4. The van der Waals surface area contributed by atoms with E-state index in [4.69, 9.17) is 9.47 Å². The highest BCUT2D eigenvalue weighted by Gasteiger charge is 2.38. The van der Waals surface area contributed by atoms with Gasteiger partial charge < -0.3 is 9.47 Å². The zero-order valence-corrected chi connectivity index (χ0v) is 23.8. The van der Waals surface area contributed by atoms with Crippen LogP contribution in [0.25, 0.3) is 11.1 Å². The van der Waals surface area contributed by atoms with Crippen LogP contribution in [0.4, 0.5) is 29.7 Å². The molecule has 0 radical (unpaired) electrons. The van der Waals surface area contributed by atoms with Gasteiger partial charge >= 0.3 is 12.2 Å². The molecule has 0 unspecified atom stereocenters. The van der Waals surface area contributed by atoms with Crippen molar-refractivity contribution < 1.29 is 47.0 Å². The van der Waals surface area contributed by atoms with Crippen LogP contribution in [0.1, 0.15) is 63.7 Å². The summed E-state index contributed by atoms with van der Waals surface area (Å²) in [5, 5.41) is 4.79. The highest BCUT2D eigenvalue weighted by Crippen LogP contribution is 2.43. The molecule has 0 aliphatic heterocycles. The molecule has 10 nitrogen and oxygen atoms in total. The molecule has 0 spiro atoms. The Morgan fingerprint density at radius 3 is 1.13 bits per heavy atom. The summed E-state index contributed by atoms with van der Waals surface area (Å²) in [5.74, 6) is -2.41. The van der Waals surface area contributed by atoms with Gasteiger partial charge in [0.2, 0.25) is 0 Å². The second kappa shape index (κ2) is 12.2. The first-order chi connectivity index (χ1) is 22.3. The van der Waals surface area contributed by atoms with Gasteiger partial charge in [0.25, 0.3) is 0 Å². The largest absolute Gasteiger partial charge is 0.447 e. The summed E-state index contributed by atoms with van der Waals surface area (Å²) in [7, 11) is 0. The fraction of sp³-hybridized carbons (Fsp3) is 0.118. The number of hydrogen-bond acceptors (Lipinski definition) is 8. The van der Waals surface area contributed by atoms with Gasteiger partial charge in [-0.25, -0.2) is 18.4 Å². The number of amides is 2. The van der Waals surface area contributed by atoms with Crippen molar-refractivity contribution in [1.29, 1.82) is 0 Å². The number of fused-ring (bicyclic) bond motifs is 4. The molecule has 0 aromatic heterocycles. The Morgan fingerprint density at radius 1 is 0.478 bits per heavy atom. The quantitative estimate of drug-likeness (QED) is 0.222. The number of carbonyl (C=O) groups excluding carboxylic acids is 6. The Morgan fingerprint density at radius 2 is 0.804 bits per heavy atom. The van der Waals surface area contributed by atoms with E-state index in [1.54, 1.807) is 24.3 Å². The Bertz CT molecular complexity index is 1860. The average molecular weight is 625 g/mol. The zero-order valence-electron chi connectivity index (χ0n) is 23.8. The normalized spacial score (nSPS) is 12.8. The maximum atomic E-state index is 14.1. The third-order valence-electron chi connectivity index (χ3n) is 7.54. The lowest BCUT2D eigenvalue weighted by molar-refractivity contribution is 0.0978. The van der Waals surface area contributed by atoms with E-state index in [0.717, 1.165) is 0 Å². The highest BCUT2D eigenvalue weighted by atomic mass is 19.1. The fourth-order valence-electron chi connectivity index (χ4n) is 5.66. The van der Waals surface area contributed by atoms with E-state index in [0.29, 0.717) is 0 Å². The van der Waals surface area contributed by atoms with Crippen molar-refractivity contribution in [3.8, 4) is 11.1 Å². The molecule has 0 fully saturated rings. The smallest absolute Gasteiger partial charge is 0.411 e. The molecule has 230 valence electrons. The number of ketones is 4. The van der Waals surface area contributed by atoms with Gasteiger partial charge in [-0.15, -0.1) is 0 Å². The predicted octanol–water partition coefficient (Wildman–Crippen LogP) is 5.94. The summed E-state index contributed by atoms with van der Waals surface area (Å²) in [6.45, 7) is -2.94. The van der Waals surface area contributed by atoms with Crippen molar-refractivity contribution in [2.45, 2.75) is 0 Å². The van der Waals surface area contributed by atoms with Crippen molar-refractivity contribution in [2.24, 2.45) is 0 Å². The van der Waals surface area contributed by atoms with Crippen molar-refractivity contribution in [3.05, 3.63) is 117 Å². The van der Waals surface area contributed by atoms with E-state index in [9.17, 15) is 37.5 Å². The first-order valence-electron chi connectivity index (χ1n) is 14.0. The van der Waals surface area contributed by atoms with Gasteiger partial charge in [-0.1, -0.05) is 60.7 Å². The topological polar surface area (TPSA) is 145 Å². The lowest BCUT2D eigenvalue weighted by atomic mass is 9.75. The molecule has 0 saturated carbocycles. The first kappa shape index (κ1) is 30.0. The Balaban J connectivity index is 1.59. The molecule has 6 rings (SSSR count). The number of carbonyl (C=O) groups is 6. The maximum Gasteiger partial charge on any atom is 0.411 e. The SMILES string of the molecule is O=C(Nc1ccc(-c2ccc(NC(=O)OCCF)c3c2C(=O)c2ccccc2C3=O)c2c1C(=O)c1ccccc1C2=O)OCCF. The van der Waals surface area contributed by atoms with Crippen LogP contribution < -0.4 is 10.6 Å². The summed E-state index contributed by atoms with van der Waals surface area (Å²) in [4.78, 5) is 80.7. The summed E-state index contributed by atoms with van der Waals surface area (Å²) in [5.41, 5.74) is -0.398. The standard InChI is InChI=1S/C34H22F2N2O8/c35-13-15-45-33(43)37-23-11-9-17(25-27(23)31(41)21-7-3-1-5-19(21)29(25)39)18-10-12-24(38-34(44)46-16-14-36)28-26(18)30(40)20-6-2-4-8-22(20)32(28)42/h1-12H,13-16H2,(H,37,43)(H,38,44). The van der Waals surface area contributed by atoms with Crippen molar-refractivity contribution >= 4 is 46.7 Å². The molecule has 0 heterocycles. The fourth-order valence-corrected chi connectivity index (χ4v) is 5.66. The lowest BCUT2D eigenvalue weighted by Crippen LogP contribution is -2.27. The number of ether oxygens (including phenoxy) is 2.